The highest BCUT2D eigenvalue weighted by atomic mass is 32.1. The number of hydrazone groups is 1. The van der Waals surface area contributed by atoms with E-state index in [4.69, 9.17) is 4.74 Å². The highest BCUT2D eigenvalue weighted by Gasteiger charge is 2.10. The Morgan fingerprint density at radius 2 is 2.33 bits per heavy atom. The van der Waals surface area contributed by atoms with Crippen LogP contribution in [0.5, 0.6) is 11.5 Å². The topological polar surface area (TPSA) is 88.2 Å². The van der Waals surface area contributed by atoms with Gasteiger partial charge in [-0.1, -0.05) is 0 Å². The SMILES string of the molecule is COc1ccc(/C(C)=N/NC(=O)Cc2cn3ccsc3n2)c(O)c1. The summed E-state index contributed by atoms with van der Waals surface area (Å²) < 4.78 is 6.91. The van der Waals surface area contributed by atoms with E-state index in [0.717, 1.165) is 4.96 Å². The summed E-state index contributed by atoms with van der Waals surface area (Å²) in [5, 5.41) is 15.9. The van der Waals surface area contributed by atoms with Crippen LogP contribution in [0, 0.1) is 0 Å². The monoisotopic (exact) mass is 344 g/mol. The molecule has 3 rings (SSSR count). The van der Waals surface area contributed by atoms with Crippen molar-refractivity contribution in [2.75, 3.05) is 7.11 Å². The lowest BCUT2D eigenvalue weighted by atomic mass is 10.1. The average Bonchev–Trinajstić information content (AvgIpc) is 3.13. The molecule has 0 unspecified atom stereocenters. The lowest BCUT2D eigenvalue weighted by molar-refractivity contribution is -0.120. The fraction of sp³-hybridized carbons (Fsp3) is 0.188. The molecule has 0 saturated heterocycles. The molecule has 0 radical (unpaired) electrons. The van der Waals surface area contributed by atoms with Gasteiger partial charge < -0.3 is 9.84 Å². The Kier molecular flexibility index (Phi) is 4.48. The van der Waals surface area contributed by atoms with Gasteiger partial charge in [0, 0.05) is 29.4 Å². The number of nitrogens with zero attached hydrogens (tertiary/aromatic N) is 3. The Balaban J connectivity index is 1.65. The van der Waals surface area contributed by atoms with Crippen molar-refractivity contribution in [2.45, 2.75) is 13.3 Å². The van der Waals surface area contributed by atoms with Crippen LogP contribution in [-0.4, -0.2) is 33.2 Å². The molecule has 0 bridgehead atoms. The second-order valence-electron chi connectivity index (χ2n) is 5.12. The number of ether oxygens (including phenoxy) is 1. The smallest absolute Gasteiger partial charge is 0.246 e. The first kappa shape index (κ1) is 16.0. The molecule has 3 aromatic rings. The number of carbonyl (C=O) groups is 1. The summed E-state index contributed by atoms with van der Waals surface area (Å²) in [7, 11) is 1.52. The van der Waals surface area contributed by atoms with E-state index >= 15 is 0 Å². The molecular formula is C16H16N4O3S. The Morgan fingerprint density at radius 1 is 1.50 bits per heavy atom. The van der Waals surface area contributed by atoms with Gasteiger partial charge in [-0.2, -0.15) is 5.10 Å². The van der Waals surface area contributed by atoms with Crippen molar-refractivity contribution < 1.29 is 14.6 Å². The van der Waals surface area contributed by atoms with E-state index in [9.17, 15) is 9.90 Å². The van der Waals surface area contributed by atoms with Gasteiger partial charge in [-0.05, 0) is 19.1 Å². The maximum atomic E-state index is 12.0. The molecule has 1 aromatic carbocycles. The van der Waals surface area contributed by atoms with Crippen molar-refractivity contribution in [2.24, 2.45) is 5.10 Å². The van der Waals surface area contributed by atoms with E-state index in [1.165, 1.54) is 24.5 Å². The van der Waals surface area contributed by atoms with Gasteiger partial charge in [0.15, 0.2) is 4.96 Å². The largest absolute Gasteiger partial charge is 0.507 e. The summed E-state index contributed by atoms with van der Waals surface area (Å²) in [5.41, 5.74) is 4.18. The fourth-order valence-corrected chi connectivity index (χ4v) is 2.94. The number of carbonyl (C=O) groups excluding carboxylic acids is 1. The number of aromatic hydroxyl groups is 1. The molecule has 2 N–H and O–H groups in total. The molecule has 0 spiro atoms. The molecule has 0 saturated carbocycles. The maximum absolute atomic E-state index is 12.0. The molecule has 2 aromatic heterocycles. The van der Waals surface area contributed by atoms with Gasteiger partial charge in [0.1, 0.15) is 11.5 Å². The number of phenolic OH excluding ortho intramolecular Hbond substituents is 1. The Labute approximate surface area is 142 Å². The van der Waals surface area contributed by atoms with Crippen molar-refractivity contribution >= 4 is 27.9 Å². The lowest BCUT2D eigenvalue weighted by Gasteiger charge is -2.06. The van der Waals surface area contributed by atoms with E-state index in [1.54, 1.807) is 19.1 Å². The van der Waals surface area contributed by atoms with Crippen LogP contribution in [-0.2, 0) is 11.2 Å². The van der Waals surface area contributed by atoms with Gasteiger partial charge in [-0.3, -0.25) is 9.20 Å². The minimum Gasteiger partial charge on any atom is -0.507 e. The van der Waals surface area contributed by atoms with Crippen molar-refractivity contribution in [1.29, 1.82) is 0 Å². The predicted molar refractivity (Wildman–Crippen MR) is 91.8 cm³/mol. The van der Waals surface area contributed by atoms with Crippen LogP contribution in [0.3, 0.4) is 0 Å². The molecule has 2 heterocycles. The lowest BCUT2D eigenvalue weighted by Crippen LogP contribution is -2.21. The first-order valence-electron chi connectivity index (χ1n) is 7.18. The number of imidazole rings is 1. The van der Waals surface area contributed by atoms with Crippen molar-refractivity contribution in [3.8, 4) is 11.5 Å². The normalized spacial score (nSPS) is 11.7. The van der Waals surface area contributed by atoms with Gasteiger partial charge in [0.2, 0.25) is 5.91 Å². The molecular weight excluding hydrogens is 328 g/mol. The quantitative estimate of drug-likeness (QED) is 0.548. The van der Waals surface area contributed by atoms with Gasteiger partial charge in [0.25, 0.3) is 0 Å². The standard InChI is InChI=1S/C16H16N4O3S/c1-10(13-4-3-12(23-2)8-14(13)21)18-19-15(22)7-11-9-20-5-6-24-16(20)17-11/h3-6,8-9,21H,7H2,1-2H3,(H,19,22)/b18-10+. The molecule has 0 aliphatic heterocycles. The number of aromatic nitrogens is 2. The Hall–Kier alpha value is -2.87. The average molecular weight is 344 g/mol. The zero-order valence-corrected chi connectivity index (χ0v) is 14.0. The van der Waals surface area contributed by atoms with Crippen LogP contribution < -0.4 is 10.2 Å². The number of nitrogens with one attached hydrogen (secondary N) is 1. The zero-order chi connectivity index (χ0) is 17.1. The highest BCUT2D eigenvalue weighted by molar-refractivity contribution is 7.15. The summed E-state index contributed by atoms with van der Waals surface area (Å²) >= 11 is 1.51. The molecule has 1 amide bonds. The molecule has 24 heavy (non-hydrogen) atoms. The number of hydrogen-bond acceptors (Lipinski definition) is 6. The van der Waals surface area contributed by atoms with Gasteiger partial charge in [-0.25, -0.2) is 10.4 Å². The number of hydrogen-bond donors (Lipinski definition) is 2. The molecule has 124 valence electrons. The Bertz CT molecular complexity index is 885. The van der Waals surface area contributed by atoms with Crippen molar-refractivity contribution in [1.82, 2.24) is 14.8 Å². The minimum atomic E-state index is -0.270. The molecule has 7 nitrogen and oxygen atoms in total. The number of benzene rings is 1. The third-order valence-electron chi connectivity index (χ3n) is 3.43. The van der Waals surface area contributed by atoms with Crippen molar-refractivity contribution in [3.05, 3.63) is 47.2 Å². The summed E-state index contributed by atoms with van der Waals surface area (Å²) in [6.07, 6.45) is 3.85. The summed E-state index contributed by atoms with van der Waals surface area (Å²) in [6.45, 7) is 1.70. The van der Waals surface area contributed by atoms with Gasteiger partial charge >= 0.3 is 0 Å². The van der Waals surface area contributed by atoms with E-state index in [-0.39, 0.29) is 18.1 Å². The molecule has 0 aliphatic carbocycles. The third-order valence-corrected chi connectivity index (χ3v) is 4.20. The number of phenols is 1. The van der Waals surface area contributed by atoms with Gasteiger partial charge in [0.05, 0.1) is 24.9 Å². The second-order valence-corrected chi connectivity index (χ2v) is 5.99. The number of methoxy groups -OCH3 is 1. The summed E-state index contributed by atoms with van der Waals surface area (Å²) in [6, 6.07) is 4.89. The first-order chi connectivity index (χ1) is 11.6. The van der Waals surface area contributed by atoms with E-state index < -0.39 is 0 Å². The van der Waals surface area contributed by atoms with Crippen LogP contribution in [0.2, 0.25) is 0 Å². The molecule has 8 heteroatoms. The van der Waals surface area contributed by atoms with Crippen LogP contribution in [0.1, 0.15) is 18.2 Å². The van der Waals surface area contributed by atoms with Crippen LogP contribution in [0.25, 0.3) is 4.96 Å². The number of rotatable bonds is 5. The van der Waals surface area contributed by atoms with E-state index in [1.807, 2.05) is 22.2 Å². The third kappa shape index (κ3) is 3.38. The summed E-state index contributed by atoms with van der Waals surface area (Å²) in [5.74, 6) is 0.320. The van der Waals surface area contributed by atoms with Crippen LogP contribution in [0.15, 0.2) is 41.1 Å². The summed E-state index contributed by atoms with van der Waals surface area (Å²) in [4.78, 5) is 17.2. The van der Waals surface area contributed by atoms with Crippen LogP contribution >= 0.6 is 11.3 Å². The molecule has 0 fully saturated rings. The van der Waals surface area contributed by atoms with Crippen molar-refractivity contribution in [3.63, 3.8) is 0 Å². The van der Waals surface area contributed by atoms with Crippen LogP contribution in [0.4, 0.5) is 0 Å². The number of thiazole rings is 1. The second kappa shape index (κ2) is 6.71. The minimum absolute atomic E-state index is 0.0409. The Morgan fingerprint density at radius 3 is 3.04 bits per heavy atom. The zero-order valence-electron chi connectivity index (χ0n) is 13.2. The first-order valence-corrected chi connectivity index (χ1v) is 8.06. The fourth-order valence-electron chi connectivity index (χ4n) is 2.22. The van der Waals surface area contributed by atoms with Gasteiger partial charge in [-0.15, -0.1) is 11.3 Å². The number of fused-ring (bicyclic) bond motifs is 1. The molecule has 0 aliphatic rings. The molecule has 0 atom stereocenters. The van der Waals surface area contributed by atoms with E-state index in [0.29, 0.717) is 22.7 Å². The van der Waals surface area contributed by atoms with E-state index in [2.05, 4.69) is 15.5 Å². The maximum Gasteiger partial charge on any atom is 0.246 e. The highest BCUT2D eigenvalue weighted by Crippen LogP contribution is 2.23. The predicted octanol–water partition coefficient (Wildman–Crippen LogP) is 2.19. The number of amides is 1.